The van der Waals surface area contributed by atoms with Crippen molar-refractivity contribution in [3.05, 3.63) is 59.1 Å². The average Bonchev–Trinajstić information content (AvgIpc) is 2.63. The highest BCUT2D eigenvalue weighted by Crippen LogP contribution is 2.42. The van der Waals surface area contributed by atoms with Crippen LogP contribution in [-0.2, 0) is 0 Å². The molecular formula is C20H23ClN2OS. The zero-order valence-corrected chi connectivity index (χ0v) is 16.1. The summed E-state index contributed by atoms with van der Waals surface area (Å²) >= 11 is 11.5. The van der Waals surface area contributed by atoms with E-state index in [1.807, 2.05) is 42.5 Å². The van der Waals surface area contributed by atoms with Crippen molar-refractivity contribution in [3.63, 3.8) is 0 Å². The van der Waals surface area contributed by atoms with Gasteiger partial charge in [0.1, 0.15) is 11.4 Å². The Bertz CT molecular complexity index is 744. The molecule has 2 N–H and O–H groups in total. The largest absolute Gasteiger partial charge is 0.487 e. The highest BCUT2D eigenvalue weighted by Gasteiger charge is 2.38. The van der Waals surface area contributed by atoms with Crippen LogP contribution in [0.1, 0.15) is 44.7 Å². The van der Waals surface area contributed by atoms with Crippen molar-refractivity contribution >= 4 is 34.6 Å². The van der Waals surface area contributed by atoms with Gasteiger partial charge in [-0.05, 0) is 55.4 Å². The summed E-state index contributed by atoms with van der Waals surface area (Å²) in [6, 6.07) is 15.8. The lowest BCUT2D eigenvalue weighted by atomic mass is 9.83. The van der Waals surface area contributed by atoms with Gasteiger partial charge in [-0.15, -0.1) is 0 Å². The highest BCUT2D eigenvalue weighted by atomic mass is 35.5. The fourth-order valence-corrected chi connectivity index (χ4v) is 3.67. The Balaban J connectivity index is 1.78. The second-order valence-electron chi connectivity index (χ2n) is 6.39. The second-order valence-corrected chi connectivity index (χ2v) is 7.24. The van der Waals surface area contributed by atoms with E-state index in [9.17, 15) is 0 Å². The van der Waals surface area contributed by atoms with E-state index in [1.165, 1.54) is 0 Å². The number of halogens is 1. The maximum atomic E-state index is 6.34. The molecular weight excluding hydrogens is 352 g/mol. The van der Waals surface area contributed by atoms with E-state index in [0.29, 0.717) is 10.1 Å². The fraction of sp³-hybridized carbons (Fsp3) is 0.350. The van der Waals surface area contributed by atoms with Gasteiger partial charge in [-0.3, -0.25) is 0 Å². The summed E-state index contributed by atoms with van der Waals surface area (Å²) in [5.74, 6) is 0.948. The number of nitrogens with one attached hydrogen (secondary N) is 2. The molecule has 0 radical (unpaired) electrons. The number of thiocarbonyl (C=S) groups is 1. The number of fused-ring (bicyclic) bond motifs is 1. The monoisotopic (exact) mass is 374 g/mol. The Morgan fingerprint density at radius 1 is 1.16 bits per heavy atom. The number of anilines is 1. The average molecular weight is 375 g/mol. The summed E-state index contributed by atoms with van der Waals surface area (Å²) in [4.78, 5) is 0. The Kier molecular flexibility index (Phi) is 5.50. The number of benzene rings is 2. The molecule has 0 saturated carbocycles. The van der Waals surface area contributed by atoms with Gasteiger partial charge < -0.3 is 15.4 Å². The zero-order valence-electron chi connectivity index (χ0n) is 14.5. The molecule has 0 spiro atoms. The molecule has 1 unspecified atom stereocenters. The molecule has 0 aliphatic carbocycles. The van der Waals surface area contributed by atoms with Gasteiger partial charge in [0.15, 0.2) is 5.11 Å². The molecule has 3 rings (SSSR count). The van der Waals surface area contributed by atoms with E-state index in [-0.39, 0.29) is 11.6 Å². The molecule has 3 nitrogen and oxygen atoms in total. The van der Waals surface area contributed by atoms with Crippen molar-refractivity contribution in [1.82, 2.24) is 5.32 Å². The number of hydrogen-bond acceptors (Lipinski definition) is 2. The first-order chi connectivity index (χ1) is 12.0. The van der Waals surface area contributed by atoms with Crippen molar-refractivity contribution in [3.8, 4) is 5.75 Å². The van der Waals surface area contributed by atoms with E-state index in [0.717, 1.165) is 36.3 Å². The summed E-state index contributed by atoms with van der Waals surface area (Å²) in [6.45, 7) is 4.36. The minimum atomic E-state index is -0.151. The smallest absolute Gasteiger partial charge is 0.171 e. The number of ether oxygens (including phenoxy) is 1. The molecule has 1 atom stereocenters. The third-order valence-corrected chi connectivity index (χ3v) is 5.37. The van der Waals surface area contributed by atoms with Gasteiger partial charge in [0.2, 0.25) is 0 Å². The van der Waals surface area contributed by atoms with Crippen molar-refractivity contribution in [1.29, 1.82) is 0 Å². The Morgan fingerprint density at radius 2 is 1.84 bits per heavy atom. The van der Waals surface area contributed by atoms with Crippen LogP contribution >= 0.6 is 23.8 Å². The lowest BCUT2D eigenvalue weighted by Crippen LogP contribution is -2.45. The molecule has 132 valence electrons. The van der Waals surface area contributed by atoms with E-state index < -0.39 is 0 Å². The van der Waals surface area contributed by atoms with Crippen LogP contribution < -0.4 is 15.4 Å². The first-order valence-electron chi connectivity index (χ1n) is 8.66. The predicted octanol–water partition coefficient (Wildman–Crippen LogP) is 5.71. The maximum absolute atomic E-state index is 6.34. The Morgan fingerprint density at radius 3 is 2.52 bits per heavy atom. The lowest BCUT2D eigenvalue weighted by Gasteiger charge is -2.42. The minimum absolute atomic E-state index is 0.122. The molecule has 2 aromatic carbocycles. The summed E-state index contributed by atoms with van der Waals surface area (Å²) in [7, 11) is 0. The van der Waals surface area contributed by atoms with Crippen molar-refractivity contribution in [2.24, 2.45) is 0 Å². The van der Waals surface area contributed by atoms with Crippen molar-refractivity contribution < 1.29 is 4.74 Å². The topological polar surface area (TPSA) is 33.3 Å². The summed E-state index contributed by atoms with van der Waals surface area (Å²) in [5, 5.41) is 8.01. The van der Waals surface area contributed by atoms with Crippen LogP contribution in [-0.4, -0.2) is 10.7 Å². The first-order valence-corrected chi connectivity index (χ1v) is 9.45. The summed E-state index contributed by atoms with van der Waals surface area (Å²) in [5.41, 5.74) is 1.92. The lowest BCUT2D eigenvalue weighted by molar-refractivity contribution is 0.0256. The Labute approximate surface area is 159 Å². The molecule has 1 heterocycles. The highest BCUT2D eigenvalue weighted by molar-refractivity contribution is 7.80. The van der Waals surface area contributed by atoms with Crippen LogP contribution in [0.3, 0.4) is 0 Å². The number of hydrogen-bond donors (Lipinski definition) is 2. The van der Waals surface area contributed by atoms with Gasteiger partial charge in [-0.1, -0.05) is 43.6 Å². The molecule has 0 saturated heterocycles. The van der Waals surface area contributed by atoms with Crippen LogP contribution in [0.2, 0.25) is 5.02 Å². The molecule has 1 aliphatic heterocycles. The van der Waals surface area contributed by atoms with Gasteiger partial charge in [-0.25, -0.2) is 0 Å². The molecule has 1 aliphatic rings. The van der Waals surface area contributed by atoms with Gasteiger partial charge in [-0.2, -0.15) is 0 Å². The van der Waals surface area contributed by atoms with Crippen LogP contribution in [0.15, 0.2) is 48.5 Å². The van der Waals surface area contributed by atoms with E-state index in [2.05, 4.69) is 30.5 Å². The SMILES string of the molecule is CCC1(CC)CC(NC(=S)Nc2ccc(Cl)cc2)c2ccccc2O1. The van der Waals surface area contributed by atoms with Crippen molar-refractivity contribution in [2.75, 3.05) is 5.32 Å². The first kappa shape index (κ1) is 18.0. The standard InChI is InChI=1S/C20H23ClN2OS/c1-3-20(4-2)13-17(16-7-5-6-8-18(16)24-20)23-19(25)22-15-11-9-14(21)10-12-15/h5-12,17H,3-4,13H2,1-2H3,(H2,22,23,25). The van der Waals surface area contributed by atoms with E-state index in [1.54, 1.807) is 0 Å². The molecule has 25 heavy (non-hydrogen) atoms. The fourth-order valence-electron chi connectivity index (χ4n) is 3.29. The zero-order chi connectivity index (χ0) is 17.9. The Hall–Kier alpha value is -1.78. The third kappa shape index (κ3) is 4.07. The normalized spacial score (nSPS) is 18.0. The van der Waals surface area contributed by atoms with Crippen molar-refractivity contribution in [2.45, 2.75) is 44.8 Å². The molecule has 0 aromatic heterocycles. The van der Waals surface area contributed by atoms with Crippen LogP contribution in [0.4, 0.5) is 5.69 Å². The maximum Gasteiger partial charge on any atom is 0.171 e. The molecule has 2 aromatic rings. The quantitative estimate of drug-likeness (QED) is 0.671. The van der Waals surface area contributed by atoms with Gasteiger partial charge in [0.05, 0.1) is 6.04 Å². The minimum Gasteiger partial charge on any atom is -0.487 e. The van der Waals surface area contributed by atoms with E-state index in [4.69, 9.17) is 28.6 Å². The third-order valence-electron chi connectivity index (χ3n) is 4.89. The van der Waals surface area contributed by atoms with Crippen LogP contribution in [0, 0.1) is 0 Å². The van der Waals surface area contributed by atoms with Gasteiger partial charge in [0.25, 0.3) is 0 Å². The second kappa shape index (κ2) is 7.63. The molecule has 5 heteroatoms. The number of para-hydroxylation sites is 1. The number of rotatable bonds is 4. The van der Waals surface area contributed by atoms with Crippen LogP contribution in [0.25, 0.3) is 0 Å². The van der Waals surface area contributed by atoms with Crippen LogP contribution in [0.5, 0.6) is 5.75 Å². The summed E-state index contributed by atoms with van der Waals surface area (Å²) in [6.07, 6.45) is 2.82. The van der Waals surface area contributed by atoms with E-state index >= 15 is 0 Å². The van der Waals surface area contributed by atoms with Gasteiger partial charge in [0, 0.05) is 22.7 Å². The molecule has 0 fully saturated rings. The molecule has 0 bridgehead atoms. The predicted molar refractivity (Wildman–Crippen MR) is 109 cm³/mol. The van der Waals surface area contributed by atoms with Gasteiger partial charge >= 0.3 is 0 Å². The molecule has 0 amide bonds. The summed E-state index contributed by atoms with van der Waals surface area (Å²) < 4.78 is 6.34.